The highest BCUT2D eigenvalue weighted by Gasteiger charge is 2.20. The second-order valence-corrected chi connectivity index (χ2v) is 6.79. The van der Waals surface area contributed by atoms with Crippen molar-refractivity contribution in [2.75, 3.05) is 13.1 Å². The Labute approximate surface area is 133 Å². The number of hydrogen-bond acceptors (Lipinski definition) is 4. The van der Waals surface area contributed by atoms with Crippen LogP contribution in [-0.4, -0.2) is 33.1 Å². The summed E-state index contributed by atoms with van der Waals surface area (Å²) in [6.07, 6.45) is 4.09. The molecule has 114 valence electrons. The van der Waals surface area contributed by atoms with Crippen LogP contribution >= 0.6 is 11.3 Å². The summed E-state index contributed by atoms with van der Waals surface area (Å²) < 4.78 is 2.10. The Balaban J connectivity index is 1.57. The fraction of sp³-hybridized carbons (Fsp3) is 0.353. The molecule has 1 N–H and O–H groups in total. The Morgan fingerprint density at radius 1 is 1.27 bits per heavy atom. The van der Waals surface area contributed by atoms with E-state index in [2.05, 4.69) is 44.8 Å². The quantitative estimate of drug-likeness (QED) is 0.795. The number of aryl methyl sites for hydroxylation is 1. The third-order valence-corrected chi connectivity index (χ3v) is 5.20. The fourth-order valence-electron chi connectivity index (χ4n) is 3.21. The summed E-state index contributed by atoms with van der Waals surface area (Å²) in [5, 5.41) is 20.9. The van der Waals surface area contributed by atoms with Crippen molar-refractivity contribution in [3.8, 4) is 11.1 Å². The zero-order valence-electron chi connectivity index (χ0n) is 12.4. The number of thiophene rings is 1. The van der Waals surface area contributed by atoms with E-state index in [1.807, 2.05) is 6.20 Å². The summed E-state index contributed by atoms with van der Waals surface area (Å²) >= 11 is 1.72. The number of rotatable bonds is 4. The Kier molecular flexibility index (Phi) is 3.70. The molecule has 1 saturated heterocycles. The Hall–Kier alpha value is -1.69. The van der Waals surface area contributed by atoms with Gasteiger partial charge in [0.05, 0.1) is 11.7 Å². The summed E-state index contributed by atoms with van der Waals surface area (Å²) in [4.78, 5) is 0. The SMILES string of the molecule is ON1CCC(CCn2ncc3ccc(-c4ccsc4)cc32)C1. The number of aromatic nitrogens is 2. The molecule has 2 aromatic heterocycles. The van der Waals surface area contributed by atoms with Gasteiger partial charge in [0, 0.05) is 25.0 Å². The molecule has 0 radical (unpaired) electrons. The molecule has 1 unspecified atom stereocenters. The lowest BCUT2D eigenvalue weighted by atomic mass is 10.1. The number of nitrogens with zero attached hydrogens (tertiary/aromatic N) is 3. The molecule has 0 amide bonds. The van der Waals surface area contributed by atoms with E-state index in [0.717, 1.165) is 32.5 Å². The van der Waals surface area contributed by atoms with Crippen molar-refractivity contribution in [3.63, 3.8) is 0 Å². The van der Waals surface area contributed by atoms with Gasteiger partial charge in [-0.05, 0) is 52.8 Å². The molecular weight excluding hydrogens is 294 g/mol. The summed E-state index contributed by atoms with van der Waals surface area (Å²) in [5.41, 5.74) is 3.71. The molecule has 4 rings (SSSR count). The van der Waals surface area contributed by atoms with Gasteiger partial charge in [0.15, 0.2) is 0 Å². The highest BCUT2D eigenvalue weighted by Crippen LogP contribution is 2.27. The van der Waals surface area contributed by atoms with Crippen molar-refractivity contribution in [1.82, 2.24) is 14.8 Å². The van der Waals surface area contributed by atoms with Crippen LogP contribution in [0.4, 0.5) is 0 Å². The Morgan fingerprint density at radius 3 is 3.00 bits per heavy atom. The molecule has 5 heteroatoms. The standard InChI is InChI=1S/C17H19N3OS/c21-19-6-3-13(11-19)4-7-20-17-9-14(16-5-8-22-12-16)1-2-15(17)10-18-20/h1-2,5,8-10,12-13,21H,3-4,6-7,11H2. The van der Waals surface area contributed by atoms with Crippen LogP contribution in [0.25, 0.3) is 22.0 Å². The highest BCUT2D eigenvalue weighted by atomic mass is 32.1. The molecule has 4 nitrogen and oxygen atoms in total. The van der Waals surface area contributed by atoms with Gasteiger partial charge in [-0.25, -0.2) is 0 Å². The van der Waals surface area contributed by atoms with Crippen molar-refractivity contribution in [2.45, 2.75) is 19.4 Å². The van der Waals surface area contributed by atoms with Crippen molar-refractivity contribution >= 4 is 22.2 Å². The number of benzene rings is 1. The zero-order chi connectivity index (χ0) is 14.9. The molecule has 1 aliphatic rings. The van der Waals surface area contributed by atoms with E-state index in [4.69, 9.17) is 0 Å². The largest absolute Gasteiger partial charge is 0.314 e. The third-order valence-electron chi connectivity index (χ3n) is 4.51. The smallest absolute Gasteiger partial charge is 0.0688 e. The molecule has 1 aromatic carbocycles. The normalized spacial score (nSPS) is 19.2. The van der Waals surface area contributed by atoms with E-state index in [-0.39, 0.29) is 0 Å². The van der Waals surface area contributed by atoms with E-state index in [9.17, 15) is 5.21 Å². The third kappa shape index (κ3) is 2.67. The number of hydroxylamine groups is 2. The Morgan fingerprint density at radius 2 is 2.23 bits per heavy atom. The van der Waals surface area contributed by atoms with Gasteiger partial charge in [0.2, 0.25) is 0 Å². The van der Waals surface area contributed by atoms with E-state index in [0.29, 0.717) is 5.92 Å². The molecule has 1 fully saturated rings. The van der Waals surface area contributed by atoms with E-state index in [1.165, 1.54) is 27.1 Å². The maximum atomic E-state index is 9.48. The van der Waals surface area contributed by atoms with Gasteiger partial charge in [0.1, 0.15) is 0 Å². The Bertz CT molecular complexity index is 765. The maximum Gasteiger partial charge on any atom is 0.0688 e. The summed E-state index contributed by atoms with van der Waals surface area (Å²) in [5.74, 6) is 0.573. The van der Waals surface area contributed by atoms with Crippen LogP contribution in [0, 0.1) is 5.92 Å². The van der Waals surface area contributed by atoms with Crippen LogP contribution in [0.1, 0.15) is 12.8 Å². The monoisotopic (exact) mass is 313 g/mol. The molecule has 0 aliphatic carbocycles. The van der Waals surface area contributed by atoms with Gasteiger partial charge >= 0.3 is 0 Å². The van der Waals surface area contributed by atoms with E-state index in [1.54, 1.807) is 11.3 Å². The predicted octanol–water partition coefficient (Wildman–Crippen LogP) is 3.87. The van der Waals surface area contributed by atoms with Gasteiger partial charge in [0.25, 0.3) is 0 Å². The molecule has 22 heavy (non-hydrogen) atoms. The van der Waals surface area contributed by atoms with Gasteiger partial charge in [-0.1, -0.05) is 12.1 Å². The molecule has 0 spiro atoms. The zero-order valence-corrected chi connectivity index (χ0v) is 13.2. The van der Waals surface area contributed by atoms with E-state index >= 15 is 0 Å². The van der Waals surface area contributed by atoms with Gasteiger partial charge in [-0.3, -0.25) is 4.68 Å². The minimum Gasteiger partial charge on any atom is -0.314 e. The molecule has 0 saturated carbocycles. The molecule has 0 bridgehead atoms. The van der Waals surface area contributed by atoms with Crippen LogP contribution in [0.2, 0.25) is 0 Å². The minimum absolute atomic E-state index is 0.573. The van der Waals surface area contributed by atoms with Crippen molar-refractivity contribution in [1.29, 1.82) is 0 Å². The average molecular weight is 313 g/mol. The number of hydrogen-bond donors (Lipinski definition) is 1. The van der Waals surface area contributed by atoms with Gasteiger partial charge < -0.3 is 5.21 Å². The van der Waals surface area contributed by atoms with Crippen molar-refractivity contribution < 1.29 is 5.21 Å². The lowest BCUT2D eigenvalue weighted by Gasteiger charge is -2.10. The highest BCUT2D eigenvalue weighted by molar-refractivity contribution is 7.08. The molecular formula is C17H19N3OS. The van der Waals surface area contributed by atoms with Crippen molar-refractivity contribution in [2.24, 2.45) is 5.92 Å². The lowest BCUT2D eigenvalue weighted by molar-refractivity contribution is -0.0716. The second-order valence-electron chi connectivity index (χ2n) is 6.01. The molecule has 3 aromatic rings. The fourth-order valence-corrected chi connectivity index (χ4v) is 3.87. The first kappa shape index (κ1) is 13.9. The van der Waals surface area contributed by atoms with Crippen molar-refractivity contribution in [3.05, 3.63) is 41.2 Å². The second kappa shape index (κ2) is 5.83. The van der Waals surface area contributed by atoms with Gasteiger partial charge in [-0.2, -0.15) is 21.5 Å². The first-order valence-electron chi connectivity index (χ1n) is 7.71. The topological polar surface area (TPSA) is 41.3 Å². The predicted molar refractivity (Wildman–Crippen MR) is 89.1 cm³/mol. The minimum atomic E-state index is 0.573. The van der Waals surface area contributed by atoms with Crippen LogP contribution in [0.15, 0.2) is 41.2 Å². The summed E-state index contributed by atoms with van der Waals surface area (Å²) in [6, 6.07) is 8.70. The first-order valence-corrected chi connectivity index (χ1v) is 8.66. The maximum absolute atomic E-state index is 9.48. The first-order chi connectivity index (χ1) is 10.8. The number of fused-ring (bicyclic) bond motifs is 1. The van der Waals surface area contributed by atoms with Crippen LogP contribution in [0.5, 0.6) is 0 Å². The van der Waals surface area contributed by atoms with Crippen LogP contribution in [-0.2, 0) is 6.54 Å². The lowest BCUT2D eigenvalue weighted by Crippen LogP contribution is -2.16. The van der Waals surface area contributed by atoms with E-state index < -0.39 is 0 Å². The molecule has 3 heterocycles. The van der Waals surface area contributed by atoms with Crippen LogP contribution < -0.4 is 0 Å². The van der Waals surface area contributed by atoms with Gasteiger partial charge in [-0.15, -0.1) is 0 Å². The molecule has 1 aliphatic heterocycles. The summed E-state index contributed by atoms with van der Waals surface area (Å²) in [6.45, 7) is 2.50. The van der Waals surface area contributed by atoms with Crippen LogP contribution in [0.3, 0.4) is 0 Å². The average Bonchev–Trinajstić information content (AvgIpc) is 3.25. The summed E-state index contributed by atoms with van der Waals surface area (Å²) in [7, 11) is 0. The molecule has 1 atom stereocenters.